The lowest BCUT2D eigenvalue weighted by Crippen LogP contribution is -2.47. The summed E-state index contributed by atoms with van der Waals surface area (Å²) in [6.07, 6.45) is 7.75. The van der Waals surface area contributed by atoms with Gasteiger partial charge >= 0.3 is 0 Å². The third kappa shape index (κ3) is 3.55. The van der Waals surface area contributed by atoms with E-state index in [2.05, 4.69) is 36.8 Å². The van der Waals surface area contributed by atoms with Gasteiger partial charge in [0, 0.05) is 52.7 Å². The lowest BCUT2D eigenvalue weighted by atomic mass is 10.0. The molecule has 7 heteroatoms. The molecule has 0 amide bonds. The largest absolute Gasteiger partial charge is 0.355 e. The topological polar surface area (TPSA) is 61.3 Å². The van der Waals surface area contributed by atoms with E-state index < -0.39 is 0 Å². The van der Waals surface area contributed by atoms with Crippen molar-refractivity contribution >= 4 is 17.6 Å². The fourth-order valence-electron chi connectivity index (χ4n) is 3.02. The van der Waals surface area contributed by atoms with Crippen molar-refractivity contribution in [3.8, 4) is 0 Å². The van der Waals surface area contributed by atoms with Gasteiger partial charge in [-0.1, -0.05) is 0 Å². The van der Waals surface area contributed by atoms with Crippen molar-refractivity contribution in [1.82, 2.24) is 19.9 Å². The quantitative estimate of drug-likeness (QED) is 0.847. The van der Waals surface area contributed by atoms with Gasteiger partial charge in [0.2, 0.25) is 5.95 Å². The Morgan fingerprint density at radius 1 is 1.17 bits per heavy atom. The summed E-state index contributed by atoms with van der Waals surface area (Å²) < 4.78 is 0. The number of hydrogen-bond acceptors (Lipinski definition) is 7. The molecule has 0 aromatic carbocycles. The highest BCUT2D eigenvalue weighted by atomic mass is 15.3. The first-order chi connectivity index (χ1) is 11.5. The van der Waals surface area contributed by atoms with Crippen molar-refractivity contribution in [3.05, 3.63) is 30.4 Å². The first-order valence-electron chi connectivity index (χ1n) is 8.31. The Kier molecular flexibility index (Phi) is 4.78. The molecular weight excluding hydrogens is 302 g/mol. The van der Waals surface area contributed by atoms with Crippen LogP contribution in [0.2, 0.25) is 0 Å². The first-order valence-corrected chi connectivity index (χ1v) is 8.31. The Bertz CT molecular complexity index is 688. The minimum Gasteiger partial charge on any atom is -0.355 e. The van der Waals surface area contributed by atoms with Crippen molar-refractivity contribution in [2.75, 3.05) is 48.9 Å². The molecule has 128 valence electrons. The molecule has 1 aliphatic heterocycles. The summed E-state index contributed by atoms with van der Waals surface area (Å²) in [7, 11) is 6.02. The van der Waals surface area contributed by atoms with Crippen LogP contribution in [0.5, 0.6) is 0 Å². The summed E-state index contributed by atoms with van der Waals surface area (Å²) in [5.41, 5.74) is 0.953. The van der Waals surface area contributed by atoms with Crippen molar-refractivity contribution in [2.45, 2.75) is 25.8 Å². The Labute approximate surface area is 143 Å². The Balaban J connectivity index is 1.75. The van der Waals surface area contributed by atoms with Crippen molar-refractivity contribution in [1.29, 1.82) is 0 Å². The second kappa shape index (κ2) is 6.98. The second-order valence-electron chi connectivity index (χ2n) is 6.48. The molecule has 3 heterocycles. The van der Waals surface area contributed by atoms with Crippen molar-refractivity contribution in [2.24, 2.45) is 0 Å². The van der Waals surface area contributed by atoms with Crippen LogP contribution in [0.3, 0.4) is 0 Å². The Morgan fingerprint density at radius 2 is 2.00 bits per heavy atom. The zero-order chi connectivity index (χ0) is 17.1. The van der Waals surface area contributed by atoms with Crippen LogP contribution in [0.25, 0.3) is 0 Å². The highest BCUT2D eigenvalue weighted by molar-refractivity contribution is 5.45. The SMILES string of the molecule is Cc1cncc(N2CCCC(N(C)c3ccnc(N(C)C)n3)C2)n1. The molecule has 24 heavy (non-hydrogen) atoms. The molecule has 0 N–H and O–H groups in total. The van der Waals surface area contributed by atoms with E-state index in [4.69, 9.17) is 0 Å². The van der Waals surface area contributed by atoms with Crippen LogP contribution < -0.4 is 14.7 Å². The molecule has 1 atom stereocenters. The number of likely N-dealkylation sites (N-methyl/N-ethyl adjacent to an activating group) is 1. The Morgan fingerprint density at radius 3 is 2.75 bits per heavy atom. The molecule has 0 spiro atoms. The number of hydrogen-bond donors (Lipinski definition) is 0. The number of nitrogens with zero attached hydrogens (tertiary/aromatic N) is 7. The normalized spacial score (nSPS) is 17.7. The van der Waals surface area contributed by atoms with Gasteiger partial charge in [0.05, 0.1) is 11.9 Å². The molecule has 2 aromatic rings. The standard InChI is InChI=1S/C17H25N7/c1-13-10-18-11-16(20-13)24-9-5-6-14(12-24)23(4)15-7-8-19-17(21-15)22(2)3/h7-8,10-11,14H,5-6,9,12H2,1-4H3. The predicted molar refractivity (Wildman–Crippen MR) is 96.8 cm³/mol. The summed E-state index contributed by atoms with van der Waals surface area (Å²) in [6, 6.07) is 2.37. The van der Waals surface area contributed by atoms with Crippen LogP contribution in [0.4, 0.5) is 17.6 Å². The molecule has 3 rings (SSSR count). The fourth-order valence-corrected chi connectivity index (χ4v) is 3.02. The molecule has 0 bridgehead atoms. The highest BCUT2D eigenvalue weighted by Crippen LogP contribution is 2.23. The molecule has 7 nitrogen and oxygen atoms in total. The third-order valence-corrected chi connectivity index (χ3v) is 4.40. The molecular formula is C17H25N7. The van der Waals surface area contributed by atoms with E-state index in [1.54, 1.807) is 6.20 Å². The van der Waals surface area contributed by atoms with Crippen LogP contribution in [0, 0.1) is 6.92 Å². The van der Waals surface area contributed by atoms with E-state index in [1.165, 1.54) is 0 Å². The van der Waals surface area contributed by atoms with Crippen LogP contribution in [-0.2, 0) is 0 Å². The molecule has 1 fully saturated rings. The maximum Gasteiger partial charge on any atom is 0.226 e. The van der Waals surface area contributed by atoms with Gasteiger partial charge in [-0.2, -0.15) is 4.98 Å². The van der Waals surface area contributed by atoms with Crippen molar-refractivity contribution in [3.63, 3.8) is 0 Å². The molecule has 1 saturated heterocycles. The van der Waals surface area contributed by atoms with Gasteiger partial charge in [-0.25, -0.2) is 9.97 Å². The van der Waals surface area contributed by atoms with Gasteiger partial charge in [-0.05, 0) is 25.8 Å². The second-order valence-corrected chi connectivity index (χ2v) is 6.48. The van der Waals surface area contributed by atoms with Crippen LogP contribution >= 0.6 is 0 Å². The number of aromatic nitrogens is 4. The average molecular weight is 327 g/mol. The monoisotopic (exact) mass is 327 g/mol. The minimum atomic E-state index is 0.394. The molecule has 1 aliphatic rings. The number of rotatable bonds is 4. The summed E-state index contributed by atoms with van der Waals surface area (Å²) in [4.78, 5) is 24.3. The highest BCUT2D eigenvalue weighted by Gasteiger charge is 2.25. The van der Waals surface area contributed by atoms with Crippen LogP contribution in [-0.4, -0.2) is 60.2 Å². The number of aryl methyl sites for hydroxylation is 1. The summed E-state index contributed by atoms with van der Waals surface area (Å²) in [5, 5.41) is 0. The maximum absolute atomic E-state index is 4.65. The van der Waals surface area contributed by atoms with E-state index in [1.807, 2.05) is 44.4 Å². The summed E-state index contributed by atoms with van der Waals surface area (Å²) >= 11 is 0. The average Bonchev–Trinajstić information content (AvgIpc) is 2.61. The predicted octanol–water partition coefficient (Wildman–Crippen LogP) is 1.75. The smallest absolute Gasteiger partial charge is 0.226 e. The van der Waals surface area contributed by atoms with Gasteiger partial charge in [-0.3, -0.25) is 4.98 Å². The number of piperidine rings is 1. The van der Waals surface area contributed by atoms with Gasteiger partial charge in [0.1, 0.15) is 11.6 Å². The van der Waals surface area contributed by atoms with E-state index in [-0.39, 0.29) is 0 Å². The Hall–Kier alpha value is -2.44. The van der Waals surface area contributed by atoms with Gasteiger partial charge in [-0.15, -0.1) is 0 Å². The lowest BCUT2D eigenvalue weighted by Gasteiger charge is -2.38. The van der Waals surface area contributed by atoms with Gasteiger partial charge in [0.25, 0.3) is 0 Å². The molecule has 0 saturated carbocycles. The van der Waals surface area contributed by atoms with Crippen LogP contribution in [0.15, 0.2) is 24.7 Å². The summed E-state index contributed by atoms with van der Waals surface area (Å²) in [5.74, 6) is 2.65. The van der Waals surface area contributed by atoms with E-state index in [9.17, 15) is 0 Å². The van der Waals surface area contributed by atoms with Crippen LogP contribution in [0.1, 0.15) is 18.5 Å². The zero-order valence-electron chi connectivity index (χ0n) is 14.8. The minimum absolute atomic E-state index is 0.394. The van der Waals surface area contributed by atoms with Gasteiger partial charge < -0.3 is 14.7 Å². The first kappa shape index (κ1) is 16.4. The molecule has 0 radical (unpaired) electrons. The molecule has 0 aliphatic carbocycles. The molecule has 2 aromatic heterocycles. The molecule has 1 unspecified atom stereocenters. The fraction of sp³-hybridized carbons (Fsp3) is 0.529. The van der Waals surface area contributed by atoms with Crippen molar-refractivity contribution < 1.29 is 0 Å². The third-order valence-electron chi connectivity index (χ3n) is 4.40. The summed E-state index contributed by atoms with van der Waals surface area (Å²) in [6.45, 7) is 3.93. The van der Waals surface area contributed by atoms with Gasteiger partial charge in [0.15, 0.2) is 0 Å². The van der Waals surface area contributed by atoms with E-state index in [0.717, 1.165) is 49.2 Å². The lowest BCUT2D eigenvalue weighted by molar-refractivity contribution is 0.482. The van der Waals surface area contributed by atoms with E-state index >= 15 is 0 Å². The zero-order valence-corrected chi connectivity index (χ0v) is 14.8. The number of anilines is 3. The maximum atomic E-state index is 4.65. The van der Waals surface area contributed by atoms with E-state index in [0.29, 0.717) is 6.04 Å².